The number of nitrogens with two attached hydrogens (primary N) is 1. The van der Waals surface area contributed by atoms with Crippen molar-refractivity contribution in [3.63, 3.8) is 0 Å². The maximum absolute atomic E-state index is 9.33. The van der Waals surface area contributed by atoms with Crippen molar-refractivity contribution in [1.29, 1.82) is 0 Å². The lowest BCUT2D eigenvalue weighted by Crippen LogP contribution is -2.39. The van der Waals surface area contributed by atoms with Gasteiger partial charge in [0.2, 0.25) is 11.9 Å². The number of nitrogen functional groups attached to an aromatic ring is 1. The highest BCUT2D eigenvalue weighted by atomic mass is 16.3. The molecule has 0 aliphatic heterocycles. The zero-order chi connectivity index (χ0) is 10.0. The van der Waals surface area contributed by atoms with Gasteiger partial charge in [-0.2, -0.15) is 4.98 Å². The summed E-state index contributed by atoms with van der Waals surface area (Å²) in [6, 6.07) is 0. The SMILES string of the molecule is Nc1nc(NC2(CO)CCCC2)n[nH]1. The first-order valence-electron chi connectivity index (χ1n) is 4.81. The Balaban J connectivity index is 2.08. The fourth-order valence-electron chi connectivity index (χ4n) is 1.94. The minimum absolute atomic E-state index is 0.113. The molecule has 1 aliphatic rings. The van der Waals surface area contributed by atoms with Gasteiger partial charge in [0.25, 0.3) is 0 Å². The Morgan fingerprint density at radius 2 is 2.21 bits per heavy atom. The number of hydrogen-bond donors (Lipinski definition) is 4. The quantitative estimate of drug-likeness (QED) is 0.551. The highest BCUT2D eigenvalue weighted by molar-refractivity contribution is 5.34. The number of aliphatic hydroxyl groups excluding tert-OH is 1. The molecular formula is C8H15N5O. The first kappa shape index (κ1) is 9.26. The highest BCUT2D eigenvalue weighted by Gasteiger charge is 2.33. The van der Waals surface area contributed by atoms with Crippen LogP contribution in [0.25, 0.3) is 0 Å². The largest absolute Gasteiger partial charge is 0.394 e. The van der Waals surface area contributed by atoms with Gasteiger partial charge in [0, 0.05) is 0 Å². The number of rotatable bonds is 3. The normalized spacial score (nSPS) is 19.8. The molecule has 6 nitrogen and oxygen atoms in total. The zero-order valence-electron chi connectivity index (χ0n) is 7.95. The van der Waals surface area contributed by atoms with Gasteiger partial charge in [-0.1, -0.05) is 12.8 Å². The van der Waals surface area contributed by atoms with E-state index in [4.69, 9.17) is 5.73 Å². The minimum Gasteiger partial charge on any atom is -0.394 e. The van der Waals surface area contributed by atoms with Gasteiger partial charge in [-0.05, 0) is 12.8 Å². The number of aliphatic hydroxyl groups is 1. The van der Waals surface area contributed by atoms with Gasteiger partial charge < -0.3 is 16.2 Å². The third-order valence-electron chi connectivity index (χ3n) is 2.74. The molecule has 0 bridgehead atoms. The van der Waals surface area contributed by atoms with Crippen LogP contribution >= 0.6 is 0 Å². The summed E-state index contributed by atoms with van der Waals surface area (Å²) in [6.07, 6.45) is 4.18. The number of anilines is 2. The Labute approximate surface area is 81.9 Å². The summed E-state index contributed by atoms with van der Waals surface area (Å²) < 4.78 is 0. The lowest BCUT2D eigenvalue weighted by Gasteiger charge is -2.26. The minimum atomic E-state index is -0.241. The molecule has 0 unspecified atom stereocenters. The molecule has 78 valence electrons. The molecule has 0 atom stereocenters. The summed E-state index contributed by atoms with van der Waals surface area (Å²) in [6.45, 7) is 0.113. The second kappa shape index (κ2) is 3.45. The molecule has 0 saturated heterocycles. The van der Waals surface area contributed by atoms with E-state index in [1.54, 1.807) is 0 Å². The van der Waals surface area contributed by atoms with E-state index < -0.39 is 0 Å². The number of hydrogen-bond acceptors (Lipinski definition) is 5. The smallest absolute Gasteiger partial charge is 0.244 e. The van der Waals surface area contributed by atoms with Crippen LogP contribution in [0.4, 0.5) is 11.9 Å². The van der Waals surface area contributed by atoms with E-state index >= 15 is 0 Å². The van der Waals surface area contributed by atoms with Crippen LogP contribution in [0.15, 0.2) is 0 Å². The average Bonchev–Trinajstić information content (AvgIpc) is 2.77. The van der Waals surface area contributed by atoms with Crippen molar-refractivity contribution in [3.05, 3.63) is 0 Å². The topological polar surface area (TPSA) is 99.8 Å². The monoisotopic (exact) mass is 197 g/mol. The number of nitrogens with one attached hydrogen (secondary N) is 2. The molecule has 5 N–H and O–H groups in total. The lowest BCUT2D eigenvalue weighted by molar-refractivity contribution is 0.213. The van der Waals surface area contributed by atoms with Gasteiger partial charge in [0.05, 0.1) is 12.1 Å². The summed E-state index contributed by atoms with van der Waals surface area (Å²) in [5.41, 5.74) is 5.16. The van der Waals surface area contributed by atoms with E-state index in [2.05, 4.69) is 20.5 Å². The Morgan fingerprint density at radius 1 is 1.50 bits per heavy atom. The Morgan fingerprint density at radius 3 is 2.71 bits per heavy atom. The van der Waals surface area contributed by atoms with Crippen LogP contribution in [0, 0.1) is 0 Å². The van der Waals surface area contributed by atoms with Crippen LogP contribution in [0.5, 0.6) is 0 Å². The summed E-state index contributed by atoms with van der Waals surface area (Å²) >= 11 is 0. The molecule has 1 aliphatic carbocycles. The molecule has 0 amide bonds. The maximum Gasteiger partial charge on any atom is 0.244 e. The molecule has 6 heteroatoms. The van der Waals surface area contributed by atoms with E-state index in [1.807, 2.05) is 0 Å². The molecule has 1 aromatic rings. The first-order chi connectivity index (χ1) is 6.74. The van der Waals surface area contributed by atoms with Crippen LogP contribution in [0.2, 0.25) is 0 Å². The molecular weight excluding hydrogens is 182 g/mol. The molecule has 0 aromatic carbocycles. The Hall–Kier alpha value is -1.30. The fourth-order valence-corrected chi connectivity index (χ4v) is 1.94. The predicted octanol–water partition coefficient (Wildman–Crippen LogP) is 0.104. The van der Waals surface area contributed by atoms with Crippen molar-refractivity contribution >= 4 is 11.9 Å². The fraction of sp³-hybridized carbons (Fsp3) is 0.750. The maximum atomic E-state index is 9.33. The molecule has 0 spiro atoms. The van der Waals surface area contributed by atoms with Gasteiger partial charge in [-0.25, -0.2) is 5.10 Å². The Bertz CT molecular complexity index is 304. The third kappa shape index (κ3) is 1.65. The average molecular weight is 197 g/mol. The van der Waals surface area contributed by atoms with Crippen molar-refractivity contribution in [2.45, 2.75) is 31.2 Å². The second-order valence-corrected chi connectivity index (χ2v) is 3.81. The number of aromatic nitrogens is 3. The van der Waals surface area contributed by atoms with E-state index in [-0.39, 0.29) is 12.1 Å². The Kier molecular flexibility index (Phi) is 2.28. The second-order valence-electron chi connectivity index (χ2n) is 3.81. The molecule has 1 fully saturated rings. The number of H-pyrrole nitrogens is 1. The van der Waals surface area contributed by atoms with E-state index in [0.29, 0.717) is 11.9 Å². The van der Waals surface area contributed by atoms with Gasteiger partial charge >= 0.3 is 0 Å². The third-order valence-corrected chi connectivity index (χ3v) is 2.74. The molecule has 2 rings (SSSR count). The van der Waals surface area contributed by atoms with E-state index in [9.17, 15) is 5.11 Å². The molecule has 0 radical (unpaired) electrons. The molecule has 1 saturated carbocycles. The van der Waals surface area contributed by atoms with Crippen molar-refractivity contribution in [2.24, 2.45) is 0 Å². The summed E-state index contributed by atoms with van der Waals surface area (Å²) in [7, 11) is 0. The van der Waals surface area contributed by atoms with Crippen molar-refractivity contribution in [2.75, 3.05) is 17.7 Å². The van der Waals surface area contributed by atoms with Gasteiger partial charge in [0.15, 0.2) is 0 Å². The molecule has 14 heavy (non-hydrogen) atoms. The van der Waals surface area contributed by atoms with E-state index in [0.717, 1.165) is 25.7 Å². The predicted molar refractivity (Wildman–Crippen MR) is 52.7 cm³/mol. The number of nitrogens with zero attached hydrogens (tertiary/aromatic N) is 2. The van der Waals surface area contributed by atoms with Crippen LogP contribution in [-0.2, 0) is 0 Å². The number of aromatic amines is 1. The van der Waals surface area contributed by atoms with Crippen LogP contribution in [0.3, 0.4) is 0 Å². The van der Waals surface area contributed by atoms with Crippen molar-refractivity contribution < 1.29 is 5.11 Å². The molecule has 1 heterocycles. The highest BCUT2D eigenvalue weighted by Crippen LogP contribution is 2.31. The van der Waals surface area contributed by atoms with E-state index in [1.165, 1.54) is 0 Å². The summed E-state index contributed by atoms with van der Waals surface area (Å²) in [4.78, 5) is 3.96. The van der Waals surface area contributed by atoms with Crippen LogP contribution in [-0.4, -0.2) is 32.4 Å². The summed E-state index contributed by atoms with van der Waals surface area (Å²) in [5, 5.41) is 18.9. The zero-order valence-corrected chi connectivity index (χ0v) is 7.95. The first-order valence-corrected chi connectivity index (χ1v) is 4.81. The van der Waals surface area contributed by atoms with Crippen LogP contribution in [0.1, 0.15) is 25.7 Å². The van der Waals surface area contributed by atoms with Gasteiger partial charge in [0.1, 0.15) is 0 Å². The van der Waals surface area contributed by atoms with Gasteiger partial charge in [-0.3, -0.25) is 0 Å². The molecule has 1 aromatic heterocycles. The summed E-state index contributed by atoms with van der Waals surface area (Å²) in [5.74, 6) is 0.761. The van der Waals surface area contributed by atoms with Gasteiger partial charge in [-0.15, -0.1) is 5.10 Å². The lowest BCUT2D eigenvalue weighted by atomic mass is 9.99. The standard InChI is InChI=1S/C8H15N5O/c9-6-10-7(13-12-6)11-8(5-14)3-1-2-4-8/h14H,1-5H2,(H4,9,10,11,12,13). The van der Waals surface area contributed by atoms with Crippen molar-refractivity contribution in [3.8, 4) is 0 Å². The van der Waals surface area contributed by atoms with Crippen molar-refractivity contribution in [1.82, 2.24) is 15.2 Å². The van der Waals surface area contributed by atoms with Crippen LogP contribution < -0.4 is 11.1 Å².